The molecule has 0 spiro atoms. The fourth-order valence-corrected chi connectivity index (χ4v) is 3.33. The Morgan fingerprint density at radius 2 is 2.03 bits per heavy atom. The van der Waals surface area contributed by atoms with E-state index >= 15 is 0 Å². The molecule has 1 fully saturated rings. The summed E-state index contributed by atoms with van der Waals surface area (Å²) in [6.07, 6.45) is -2.85. The Bertz CT molecular complexity index is 1180. The van der Waals surface area contributed by atoms with Crippen molar-refractivity contribution in [2.45, 2.75) is 25.1 Å². The van der Waals surface area contributed by atoms with Crippen molar-refractivity contribution in [3.05, 3.63) is 65.2 Å². The smallest absolute Gasteiger partial charge is 0.416 e. The van der Waals surface area contributed by atoms with E-state index in [0.717, 1.165) is 25.0 Å². The van der Waals surface area contributed by atoms with Crippen LogP contribution in [0.5, 0.6) is 5.75 Å². The molecule has 31 heavy (non-hydrogen) atoms. The molecule has 1 unspecified atom stereocenters. The predicted octanol–water partition coefficient (Wildman–Crippen LogP) is 4.30. The average Bonchev–Trinajstić information content (AvgIpc) is 3.25. The summed E-state index contributed by atoms with van der Waals surface area (Å²) in [6, 6.07) is 10.3. The van der Waals surface area contributed by atoms with Gasteiger partial charge in [0.2, 0.25) is 5.55 Å². The summed E-state index contributed by atoms with van der Waals surface area (Å²) < 4.78 is 50.3. The van der Waals surface area contributed by atoms with Crippen LogP contribution in [0.1, 0.15) is 28.8 Å². The minimum atomic E-state index is -4.53. The van der Waals surface area contributed by atoms with Crippen molar-refractivity contribution in [3.63, 3.8) is 0 Å². The number of aromatic hydroxyl groups is 1. The lowest BCUT2D eigenvalue weighted by molar-refractivity contribution is -0.137. The van der Waals surface area contributed by atoms with Crippen molar-refractivity contribution in [2.24, 2.45) is 4.99 Å². The Labute approximate surface area is 175 Å². The average molecular weight is 432 g/mol. The Balaban J connectivity index is 1.77. The van der Waals surface area contributed by atoms with Gasteiger partial charge in [0.1, 0.15) is 16.9 Å². The van der Waals surface area contributed by atoms with Gasteiger partial charge in [-0.3, -0.25) is 4.79 Å². The van der Waals surface area contributed by atoms with Crippen LogP contribution in [0.15, 0.2) is 57.9 Å². The lowest BCUT2D eigenvalue weighted by Gasteiger charge is -2.11. The maximum Gasteiger partial charge on any atom is 0.416 e. The van der Waals surface area contributed by atoms with Crippen LogP contribution in [0.3, 0.4) is 0 Å². The van der Waals surface area contributed by atoms with Gasteiger partial charge in [0.25, 0.3) is 5.91 Å². The van der Waals surface area contributed by atoms with Crippen molar-refractivity contribution >= 4 is 22.6 Å². The van der Waals surface area contributed by atoms with E-state index in [4.69, 9.17) is 9.15 Å². The molecule has 1 aliphatic rings. The normalized spacial score (nSPS) is 17.3. The first-order valence-corrected chi connectivity index (χ1v) is 9.68. The van der Waals surface area contributed by atoms with E-state index in [1.807, 2.05) is 0 Å². The molecule has 0 aliphatic carbocycles. The second kappa shape index (κ2) is 8.43. The van der Waals surface area contributed by atoms with Crippen LogP contribution in [0.25, 0.3) is 11.0 Å². The number of nitrogens with one attached hydrogen (secondary N) is 1. The molecule has 6 nitrogen and oxygen atoms in total. The van der Waals surface area contributed by atoms with Gasteiger partial charge in [0, 0.05) is 24.6 Å². The molecule has 0 bridgehead atoms. The Morgan fingerprint density at radius 3 is 2.77 bits per heavy atom. The Kier molecular flexibility index (Phi) is 5.69. The van der Waals surface area contributed by atoms with Crippen LogP contribution in [-0.4, -0.2) is 30.3 Å². The van der Waals surface area contributed by atoms with E-state index in [1.165, 1.54) is 30.3 Å². The second-order valence-corrected chi connectivity index (χ2v) is 7.19. The molecule has 1 saturated heterocycles. The van der Waals surface area contributed by atoms with E-state index in [-0.39, 0.29) is 34.2 Å². The van der Waals surface area contributed by atoms with Gasteiger partial charge in [-0.15, -0.1) is 0 Å². The molecule has 2 N–H and O–H groups in total. The molecule has 1 aromatic heterocycles. The first-order valence-electron chi connectivity index (χ1n) is 9.68. The van der Waals surface area contributed by atoms with Crippen LogP contribution in [0.2, 0.25) is 0 Å². The number of carbonyl (C=O) groups is 1. The number of phenolic OH excluding ortho intramolecular Hbond substituents is 1. The standard InChI is InChI=1S/C22H19F3N2O4/c23-22(24,25)14-3-1-4-15(10-14)27-21-18(20(29)26-12-17-5-2-8-30-17)9-13-6-7-16(28)11-19(13)31-21/h1,3-4,6-7,9-11,17,28H,2,5,8,12H2,(H,26,29). The van der Waals surface area contributed by atoms with E-state index in [0.29, 0.717) is 18.5 Å². The van der Waals surface area contributed by atoms with Crippen molar-refractivity contribution in [2.75, 3.05) is 13.2 Å². The maximum atomic E-state index is 13.0. The summed E-state index contributed by atoms with van der Waals surface area (Å²) in [6.45, 7) is 0.945. The van der Waals surface area contributed by atoms with Crippen LogP contribution >= 0.6 is 0 Å². The third kappa shape index (κ3) is 4.88. The third-order valence-electron chi connectivity index (χ3n) is 4.90. The van der Waals surface area contributed by atoms with Crippen molar-refractivity contribution < 1.29 is 32.2 Å². The highest BCUT2D eigenvalue weighted by Gasteiger charge is 2.30. The van der Waals surface area contributed by atoms with Gasteiger partial charge in [0.15, 0.2) is 0 Å². The number of nitrogens with zero attached hydrogens (tertiary/aromatic N) is 1. The summed E-state index contributed by atoms with van der Waals surface area (Å²) in [5, 5.41) is 13.0. The molecule has 1 atom stereocenters. The predicted molar refractivity (Wildman–Crippen MR) is 106 cm³/mol. The number of rotatable bonds is 4. The molecule has 4 rings (SSSR count). The third-order valence-corrected chi connectivity index (χ3v) is 4.90. The SMILES string of the molecule is O=C(NCC1CCCO1)c1cc2ccc(O)cc2oc1=Nc1cccc(C(F)(F)F)c1. The summed E-state index contributed by atoms with van der Waals surface area (Å²) in [7, 11) is 0. The van der Waals surface area contributed by atoms with Crippen LogP contribution in [0, 0.1) is 0 Å². The fourth-order valence-electron chi connectivity index (χ4n) is 3.33. The number of hydrogen-bond donors (Lipinski definition) is 2. The van der Waals surface area contributed by atoms with Gasteiger partial charge in [-0.25, -0.2) is 4.99 Å². The summed E-state index contributed by atoms with van der Waals surface area (Å²) in [4.78, 5) is 17.0. The zero-order valence-corrected chi connectivity index (χ0v) is 16.3. The number of phenols is 1. The fraction of sp³-hybridized carbons (Fsp3) is 0.273. The summed E-state index contributed by atoms with van der Waals surface area (Å²) in [5.41, 5.74) is -0.750. The first-order chi connectivity index (χ1) is 14.8. The molecule has 3 aromatic rings. The molecule has 1 aliphatic heterocycles. The molecular formula is C22H19F3N2O4. The van der Waals surface area contributed by atoms with Crippen molar-refractivity contribution in [3.8, 4) is 5.75 Å². The van der Waals surface area contributed by atoms with Crippen LogP contribution in [0.4, 0.5) is 18.9 Å². The van der Waals surface area contributed by atoms with Gasteiger partial charge < -0.3 is 19.6 Å². The number of benzene rings is 2. The van der Waals surface area contributed by atoms with Crippen molar-refractivity contribution in [1.29, 1.82) is 0 Å². The Morgan fingerprint density at radius 1 is 1.19 bits per heavy atom. The summed E-state index contributed by atoms with van der Waals surface area (Å²) >= 11 is 0. The molecule has 162 valence electrons. The molecule has 9 heteroatoms. The number of hydrogen-bond acceptors (Lipinski definition) is 5. The number of alkyl halides is 3. The van der Waals surface area contributed by atoms with E-state index in [9.17, 15) is 23.1 Å². The minimum absolute atomic E-state index is 0.0220. The first kappa shape index (κ1) is 20.9. The van der Waals surface area contributed by atoms with Crippen molar-refractivity contribution in [1.82, 2.24) is 5.32 Å². The van der Waals surface area contributed by atoms with Gasteiger partial charge in [-0.05, 0) is 49.2 Å². The lowest BCUT2D eigenvalue weighted by atomic mass is 10.1. The topological polar surface area (TPSA) is 84.1 Å². The quantitative estimate of drug-likeness (QED) is 0.644. The molecule has 2 heterocycles. The van der Waals surface area contributed by atoms with E-state index in [1.54, 1.807) is 6.07 Å². The highest BCUT2D eigenvalue weighted by molar-refractivity contribution is 5.96. The summed E-state index contributed by atoms with van der Waals surface area (Å²) in [5.74, 6) is -0.545. The molecular weight excluding hydrogens is 413 g/mol. The largest absolute Gasteiger partial charge is 0.508 e. The highest BCUT2D eigenvalue weighted by atomic mass is 19.4. The van der Waals surface area contributed by atoms with E-state index in [2.05, 4.69) is 10.3 Å². The molecule has 0 saturated carbocycles. The number of amides is 1. The number of fused-ring (bicyclic) bond motifs is 1. The van der Waals surface area contributed by atoms with Gasteiger partial charge in [-0.1, -0.05) is 6.07 Å². The lowest BCUT2D eigenvalue weighted by Crippen LogP contribution is -2.34. The van der Waals surface area contributed by atoms with Crippen LogP contribution < -0.4 is 10.9 Å². The maximum absolute atomic E-state index is 13.0. The van der Waals surface area contributed by atoms with Gasteiger partial charge >= 0.3 is 6.18 Å². The zero-order chi connectivity index (χ0) is 22.0. The molecule has 1 amide bonds. The second-order valence-electron chi connectivity index (χ2n) is 7.19. The van der Waals surface area contributed by atoms with E-state index < -0.39 is 17.6 Å². The van der Waals surface area contributed by atoms with Gasteiger partial charge in [0.05, 0.1) is 17.4 Å². The Hall–Kier alpha value is -3.33. The monoisotopic (exact) mass is 432 g/mol. The van der Waals surface area contributed by atoms with Gasteiger partial charge in [-0.2, -0.15) is 13.2 Å². The minimum Gasteiger partial charge on any atom is -0.508 e. The number of halogens is 3. The molecule has 0 radical (unpaired) electrons. The highest BCUT2D eigenvalue weighted by Crippen LogP contribution is 2.31. The van der Waals surface area contributed by atoms with Crippen LogP contribution in [-0.2, 0) is 10.9 Å². The zero-order valence-electron chi connectivity index (χ0n) is 16.3. The number of carbonyl (C=O) groups excluding carboxylic acids is 1. The molecule has 2 aromatic carbocycles. The number of ether oxygens (including phenoxy) is 1.